The van der Waals surface area contributed by atoms with E-state index in [1.165, 1.54) is 0 Å². The Morgan fingerprint density at radius 1 is 1.05 bits per heavy atom. The molecule has 5 nitrogen and oxygen atoms in total. The van der Waals surface area contributed by atoms with Crippen molar-refractivity contribution in [2.75, 3.05) is 26.2 Å². The molecule has 5 heteroatoms. The molecule has 0 saturated carbocycles. The summed E-state index contributed by atoms with van der Waals surface area (Å²) in [5.41, 5.74) is -0.221. The van der Waals surface area contributed by atoms with Crippen molar-refractivity contribution in [2.24, 2.45) is 0 Å². The van der Waals surface area contributed by atoms with Gasteiger partial charge in [-0.2, -0.15) is 0 Å². The molecular weight excluding hydrogens is 242 g/mol. The third-order valence-corrected chi connectivity index (χ3v) is 3.08. The van der Waals surface area contributed by atoms with Crippen molar-refractivity contribution in [3.05, 3.63) is 0 Å². The van der Waals surface area contributed by atoms with E-state index in [1.54, 1.807) is 0 Å². The molecule has 3 amide bonds. The summed E-state index contributed by atoms with van der Waals surface area (Å²) < 4.78 is 0. The van der Waals surface area contributed by atoms with Crippen LogP contribution >= 0.6 is 0 Å². The lowest BCUT2D eigenvalue weighted by Crippen LogP contribution is -2.49. The second kappa shape index (κ2) is 6.78. The molecule has 1 aliphatic rings. The highest BCUT2D eigenvalue weighted by atomic mass is 16.2. The predicted octanol–water partition coefficient (Wildman–Crippen LogP) is 1.83. The highest BCUT2D eigenvalue weighted by Crippen LogP contribution is 2.08. The number of hydrogen-bond acceptors (Lipinski definition) is 2. The van der Waals surface area contributed by atoms with Gasteiger partial charge in [-0.05, 0) is 33.6 Å². The summed E-state index contributed by atoms with van der Waals surface area (Å²) in [5, 5.41) is 2.97. The topological polar surface area (TPSA) is 52.7 Å². The van der Waals surface area contributed by atoms with Crippen LogP contribution in [0, 0.1) is 0 Å². The van der Waals surface area contributed by atoms with Gasteiger partial charge in [0.15, 0.2) is 0 Å². The summed E-state index contributed by atoms with van der Waals surface area (Å²) in [5.74, 6) is 0.209. The zero-order valence-electron chi connectivity index (χ0n) is 12.7. The Morgan fingerprint density at radius 3 is 2.21 bits per heavy atom. The van der Waals surface area contributed by atoms with E-state index in [2.05, 4.69) is 5.32 Å². The van der Waals surface area contributed by atoms with Crippen molar-refractivity contribution in [1.29, 1.82) is 0 Å². The third-order valence-electron chi connectivity index (χ3n) is 3.08. The van der Waals surface area contributed by atoms with Gasteiger partial charge in [0.1, 0.15) is 0 Å². The second-order valence-corrected chi connectivity index (χ2v) is 6.15. The van der Waals surface area contributed by atoms with Crippen molar-refractivity contribution >= 4 is 11.9 Å². The molecule has 0 aromatic heterocycles. The van der Waals surface area contributed by atoms with Crippen molar-refractivity contribution in [3.63, 3.8) is 0 Å². The van der Waals surface area contributed by atoms with Gasteiger partial charge in [-0.3, -0.25) is 4.79 Å². The van der Waals surface area contributed by atoms with Crippen LogP contribution in [-0.2, 0) is 4.79 Å². The Balaban J connectivity index is 2.50. The fourth-order valence-electron chi connectivity index (χ4n) is 2.14. The molecule has 0 aliphatic carbocycles. The minimum absolute atomic E-state index is 0.0303. The highest BCUT2D eigenvalue weighted by molar-refractivity contribution is 5.77. The number of carbonyl (C=O) groups is 2. The minimum Gasteiger partial charge on any atom is -0.341 e. The molecule has 1 fully saturated rings. The Labute approximate surface area is 116 Å². The lowest BCUT2D eigenvalue weighted by Gasteiger charge is -2.27. The Kier molecular flexibility index (Phi) is 5.63. The first-order valence-electron chi connectivity index (χ1n) is 7.18. The van der Waals surface area contributed by atoms with Gasteiger partial charge in [0.05, 0.1) is 0 Å². The smallest absolute Gasteiger partial charge is 0.317 e. The van der Waals surface area contributed by atoms with E-state index in [1.807, 2.05) is 37.5 Å². The lowest BCUT2D eigenvalue weighted by molar-refractivity contribution is -0.131. The van der Waals surface area contributed by atoms with E-state index in [-0.39, 0.29) is 17.5 Å². The first-order valence-corrected chi connectivity index (χ1v) is 7.18. The molecule has 0 aromatic carbocycles. The summed E-state index contributed by atoms with van der Waals surface area (Å²) >= 11 is 0. The van der Waals surface area contributed by atoms with Crippen LogP contribution < -0.4 is 5.32 Å². The number of rotatable bonds is 2. The van der Waals surface area contributed by atoms with Crippen LogP contribution in [0.3, 0.4) is 0 Å². The largest absolute Gasteiger partial charge is 0.341 e. The molecule has 1 saturated heterocycles. The standard InChI is InChI=1S/C14H27N3O2/c1-5-7-12(18)16-8-6-9-17(11-10-16)13(19)15-14(2,3)4/h5-11H2,1-4H3,(H,15,19). The average molecular weight is 269 g/mol. The van der Waals surface area contributed by atoms with Crippen molar-refractivity contribution in [3.8, 4) is 0 Å². The van der Waals surface area contributed by atoms with E-state index < -0.39 is 0 Å². The number of carbonyl (C=O) groups excluding carboxylic acids is 2. The molecule has 19 heavy (non-hydrogen) atoms. The molecule has 1 rings (SSSR count). The summed E-state index contributed by atoms with van der Waals surface area (Å²) in [7, 11) is 0. The van der Waals surface area contributed by atoms with Crippen LogP contribution in [0.25, 0.3) is 0 Å². The second-order valence-electron chi connectivity index (χ2n) is 6.15. The van der Waals surface area contributed by atoms with E-state index >= 15 is 0 Å². The number of amides is 3. The Bertz CT molecular complexity index is 323. The maximum absolute atomic E-state index is 12.1. The van der Waals surface area contributed by atoms with E-state index in [0.29, 0.717) is 19.5 Å². The van der Waals surface area contributed by atoms with Crippen LogP contribution in [0.2, 0.25) is 0 Å². The molecule has 0 unspecified atom stereocenters. The molecule has 0 bridgehead atoms. The Hall–Kier alpha value is -1.26. The quantitative estimate of drug-likeness (QED) is 0.831. The van der Waals surface area contributed by atoms with Crippen molar-refractivity contribution in [1.82, 2.24) is 15.1 Å². The van der Waals surface area contributed by atoms with Crippen LogP contribution in [-0.4, -0.2) is 53.5 Å². The van der Waals surface area contributed by atoms with Gasteiger partial charge in [-0.1, -0.05) is 6.92 Å². The third kappa shape index (κ3) is 5.49. The maximum Gasteiger partial charge on any atom is 0.317 e. The molecule has 110 valence electrons. The molecule has 1 heterocycles. The normalized spacial score (nSPS) is 17.1. The van der Waals surface area contributed by atoms with Gasteiger partial charge >= 0.3 is 6.03 Å². The molecule has 1 aliphatic heterocycles. The minimum atomic E-state index is -0.221. The zero-order chi connectivity index (χ0) is 14.5. The van der Waals surface area contributed by atoms with Crippen LogP contribution in [0.4, 0.5) is 4.79 Å². The van der Waals surface area contributed by atoms with Gasteiger partial charge in [0.25, 0.3) is 0 Å². The van der Waals surface area contributed by atoms with Gasteiger partial charge in [-0.15, -0.1) is 0 Å². The van der Waals surface area contributed by atoms with Crippen LogP contribution in [0.15, 0.2) is 0 Å². The van der Waals surface area contributed by atoms with Crippen LogP contribution in [0.1, 0.15) is 47.0 Å². The van der Waals surface area contributed by atoms with Crippen LogP contribution in [0.5, 0.6) is 0 Å². The first-order chi connectivity index (χ1) is 8.83. The first kappa shape index (κ1) is 15.8. The number of nitrogens with zero attached hydrogens (tertiary/aromatic N) is 2. The van der Waals surface area contributed by atoms with E-state index in [9.17, 15) is 9.59 Å². The zero-order valence-corrected chi connectivity index (χ0v) is 12.7. The van der Waals surface area contributed by atoms with Gasteiger partial charge in [-0.25, -0.2) is 4.79 Å². The summed E-state index contributed by atoms with van der Waals surface area (Å²) in [6, 6.07) is -0.0303. The number of urea groups is 1. The molecule has 0 aromatic rings. The lowest BCUT2D eigenvalue weighted by atomic mass is 10.1. The van der Waals surface area contributed by atoms with Crippen molar-refractivity contribution in [2.45, 2.75) is 52.5 Å². The number of nitrogens with one attached hydrogen (secondary N) is 1. The fourth-order valence-corrected chi connectivity index (χ4v) is 2.14. The van der Waals surface area contributed by atoms with Gasteiger partial charge in [0, 0.05) is 38.1 Å². The van der Waals surface area contributed by atoms with E-state index in [0.717, 1.165) is 25.9 Å². The molecule has 0 radical (unpaired) electrons. The van der Waals surface area contributed by atoms with E-state index in [4.69, 9.17) is 0 Å². The fraction of sp³-hybridized carbons (Fsp3) is 0.857. The number of hydrogen-bond donors (Lipinski definition) is 1. The molecular formula is C14H27N3O2. The molecule has 1 N–H and O–H groups in total. The SMILES string of the molecule is CCCC(=O)N1CCCN(C(=O)NC(C)(C)C)CC1. The van der Waals surface area contributed by atoms with Gasteiger partial charge in [0.2, 0.25) is 5.91 Å². The predicted molar refractivity (Wildman–Crippen MR) is 76.0 cm³/mol. The monoisotopic (exact) mass is 269 g/mol. The summed E-state index contributed by atoms with van der Waals surface area (Å²) in [6.07, 6.45) is 2.34. The summed E-state index contributed by atoms with van der Waals surface area (Å²) in [6.45, 7) is 10.7. The maximum atomic E-state index is 12.1. The van der Waals surface area contributed by atoms with Crippen molar-refractivity contribution < 1.29 is 9.59 Å². The Morgan fingerprint density at radius 2 is 1.63 bits per heavy atom. The van der Waals surface area contributed by atoms with Gasteiger partial charge < -0.3 is 15.1 Å². The average Bonchev–Trinajstić information content (AvgIpc) is 2.52. The molecule has 0 spiro atoms. The highest BCUT2D eigenvalue weighted by Gasteiger charge is 2.23. The summed E-state index contributed by atoms with van der Waals surface area (Å²) in [4.78, 5) is 27.6. The molecule has 0 atom stereocenters.